The van der Waals surface area contributed by atoms with E-state index < -0.39 is 5.79 Å². The lowest BCUT2D eigenvalue weighted by molar-refractivity contribution is -0.244. The molecule has 2 atom stereocenters. The summed E-state index contributed by atoms with van der Waals surface area (Å²) in [7, 11) is 0. The summed E-state index contributed by atoms with van der Waals surface area (Å²) in [5, 5.41) is 10.3. The van der Waals surface area contributed by atoms with E-state index in [0.717, 1.165) is 37.7 Å². The van der Waals surface area contributed by atoms with Crippen LogP contribution in [-0.4, -0.2) is 17.5 Å². The topological polar surface area (TPSA) is 29.5 Å². The average Bonchev–Trinajstić information content (AvgIpc) is 2.41. The molecule has 2 fully saturated rings. The molecule has 0 bridgehead atoms. The summed E-state index contributed by atoms with van der Waals surface area (Å²) in [5.41, 5.74) is 0. The van der Waals surface area contributed by atoms with Crippen molar-refractivity contribution in [3.63, 3.8) is 0 Å². The Bertz CT molecular complexity index is 248. The Labute approximate surface area is 118 Å². The minimum atomic E-state index is -0.801. The summed E-state index contributed by atoms with van der Waals surface area (Å²) >= 11 is 0. The highest BCUT2D eigenvalue weighted by Gasteiger charge is 2.37. The third kappa shape index (κ3) is 4.19. The van der Waals surface area contributed by atoms with Crippen LogP contribution in [-0.2, 0) is 4.74 Å². The van der Waals surface area contributed by atoms with Gasteiger partial charge >= 0.3 is 0 Å². The second-order valence-electron chi connectivity index (χ2n) is 6.88. The predicted molar refractivity (Wildman–Crippen MR) is 78.9 cm³/mol. The van der Waals surface area contributed by atoms with Crippen molar-refractivity contribution >= 4 is 0 Å². The standard InChI is InChI=1S/C17H32O2/c1-3-5-14-6-8-15(9-7-14)16-10-12-17(18,11-4-2)19-13-16/h14-16,18H,3-13H2,1-2H3. The fourth-order valence-electron chi connectivity index (χ4n) is 4.14. The van der Waals surface area contributed by atoms with Crippen molar-refractivity contribution in [3.05, 3.63) is 0 Å². The molecular weight excluding hydrogens is 236 g/mol. The Kier molecular flexibility index (Phi) is 5.70. The van der Waals surface area contributed by atoms with Crippen LogP contribution in [0.5, 0.6) is 0 Å². The lowest BCUT2D eigenvalue weighted by atomic mass is 9.72. The van der Waals surface area contributed by atoms with Gasteiger partial charge in [0.2, 0.25) is 0 Å². The van der Waals surface area contributed by atoms with E-state index in [4.69, 9.17) is 4.74 Å². The average molecular weight is 268 g/mol. The van der Waals surface area contributed by atoms with E-state index in [1.807, 2.05) is 0 Å². The van der Waals surface area contributed by atoms with Crippen LogP contribution in [0.3, 0.4) is 0 Å². The van der Waals surface area contributed by atoms with E-state index >= 15 is 0 Å². The minimum Gasteiger partial charge on any atom is -0.365 e. The molecule has 0 aromatic heterocycles. The van der Waals surface area contributed by atoms with Crippen LogP contribution in [0.1, 0.15) is 78.1 Å². The Morgan fingerprint density at radius 2 is 1.74 bits per heavy atom. The quantitative estimate of drug-likeness (QED) is 0.795. The van der Waals surface area contributed by atoms with Gasteiger partial charge in [0.05, 0.1) is 6.61 Å². The summed E-state index contributed by atoms with van der Waals surface area (Å²) in [6, 6.07) is 0. The molecule has 1 N–H and O–H groups in total. The Hall–Kier alpha value is -0.0800. The number of hydrogen-bond acceptors (Lipinski definition) is 2. The largest absolute Gasteiger partial charge is 0.365 e. The van der Waals surface area contributed by atoms with E-state index in [1.165, 1.54) is 44.9 Å². The van der Waals surface area contributed by atoms with Gasteiger partial charge in [-0.2, -0.15) is 0 Å². The van der Waals surface area contributed by atoms with Crippen LogP contribution in [0, 0.1) is 17.8 Å². The van der Waals surface area contributed by atoms with Crippen molar-refractivity contribution in [2.24, 2.45) is 17.8 Å². The van der Waals surface area contributed by atoms with Crippen molar-refractivity contribution in [3.8, 4) is 0 Å². The number of hydrogen-bond donors (Lipinski definition) is 1. The highest BCUT2D eigenvalue weighted by Crippen LogP contribution is 2.41. The van der Waals surface area contributed by atoms with E-state index in [9.17, 15) is 5.11 Å². The summed E-state index contributed by atoms with van der Waals surface area (Å²) in [4.78, 5) is 0. The first kappa shape index (κ1) is 15.3. The van der Waals surface area contributed by atoms with Gasteiger partial charge < -0.3 is 9.84 Å². The first-order valence-electron chi connectivity index (χ1n) is 8.53. The minimum absolute atomic E-state index is 0.708. The normalized spacial score (nSPS) is 40.3. The maximum Gasteiger partial charge on any atom is 0.165 e. The molecule has 0 aromatic carbocycles. The van der Waals surface area contributed by atoms with E-state index in [0.29, 0.717) is 5.92 Å². The lowest BCUT2D eigenvalue weighted by Crippen LogP contribution is -2.41. The van der Waals surface area contributed by atoms with Gasteiger partial charge in [-0.15, -0.1) is 0 Å². The fourth-order valence-corrected chi connectivity index (χ4v) is 4.14. The molecule has 1 saturated carbocycles. The van der Waals surface area contributed by atoms with Gasteiger partial charge in [-0.1, -0.05) is 46.0 Å². The van der Waals surface area contributed by atoms with Gasteiger partial charge in [-0.25, -0.2) is 0 Å². The molecule has 1 heterocycles. The summed E-state index contributed by atoms with van der Waals surface area (Å²) in [5.74, 6) is 1.76. The molecule has 0 spiro atoms. The molecule has 0 amide bonds. The summed E-state index contributed by atoms with van der Waals surface area (Å²) in [6.07, 6.45) is 12.2. The molecule has 1 saturated heterocycles. The van der Waals surface area contributed by atoms with E-state index in [1.54, 1.807) is 0 Å². The highest BCUT2D eigenvalue weighted by molar-refractivity contribution is 4.83. The third-order valence-electron chi connectivity index (χ3n) is 5.37. The Balaban J connectivity index is 1.73. The molecule has 2 unspecified atom stereocenters. The second kappa shape index (κ2) is 7.08. The first-order chi connectivity index (χ1) is 9.17. The fraction of sp³-hybridized carbons (Fsp3) is 1.00. The molecular formula is C17H32O2. The van der Waals surface area contributed by atoms with Gasteiger partial charge in [0, 0.05) is 12.8 Å². The highest BCUT2D eigenvalue weighted by atomic mass is 16.6. The van der Waals surface area contributed by atoms with Gasteiger partial charge in [-0.05, 0) is 37.0 Å². The maximum absolute atomic E-state index is 10.3. The van der Waals surface area contributed by atoms with Crippen LogP contribution in [0.15, 0.2) is 0 Å². The lowest BCUT2D eigenvalue weighted by Gasteiger charge is -2.41. The summed E-state index contributed by atoms with van der Waals surface area (Å²) < 4.78 is 5.80. The zero-order valence-electron chi connectivity index (χ0n) is 12.9. The van der Waals surface area contributed by atoms with Gasteiger partial charge in [-0.3, -0.25) is 0 Å². The Morgan fingerprint density at radius 3 is 2.26 bits per heavy atom. The molecule has 2 nitrogen and oxygen atoms in total. The van der Waals surface area contributed by atoms with Crippen molar-refractivity contribution in [2.75, 3.05) is 6.61 Å². The van der Waals surface area contributed by atoms with Crippen LogP contribution in [0.2, 0.25) is 0 Å². The molecule has 2 rings (SSSR count). The number of rotatable bonds is 5. The van der Waals surface area contributed by atoms with Gasteiger partial charge in [0.25, 0.3) is 0 Å². The monoisotopic (exact) mass is 268 g/mol. The zero-order chi connectivity index (χ0) is 13.7. The number of aliphatic hydroxyl groups is 1. The SMILES string of the molecule is CCCC1CCC(C2CCC(O)(CCC)OC2)CC1. The van der Waals surface area contributed by atoms with E-state index in [2.05, 4.69) is 13.8 Å². The molecule has 19 heavy (non-hydrogen) atoms. The third-order valence-corrected chi connectivity index (χ3v) is 5.37. The molecule has 112 valence electrons. The zero-order valence-corrected chi connectivity index (χ0v) is 12.9. The van der Waals surface area contributed by atoms with Crippen molar-refractivity contribution < 1.29 is 9.84 Å². The Morgan fingerprint density at radius 1 is 1.00 bits per heavy atom. The predicted octanol–water partition coefficient (Wildman–Crippen LogP) is 4.51. The smallest absolute Gasteiger partial charge is 0.165 e. The summed E-state index contributed by atoms with van der Waals surface area (Å²) in [6.45, 7) is 5.21. The first-order valence-corrected chi connectivity index (χ1v) is 8.53. The molecule has 0 aromatic rings. The van der Waals surface area contributed by atoms with Crippen LogP contribution >= 0.6 is 0 Å². The molecule has 2 aliphatic rings. The molecule has 1 aliphatic heterocycles. The molecule has 2 heteroatoms. The van der Waals surface area contributed by atoms with E-state index in [-0.39, 0.29) is 0 Å². The van der Waals surface area contributed by atoms with Gasteiger partial charge in [0.15, 0.2) is 5.79 Å². The molecule has 1 aliphatic carbocycles. The maximum atomic E-state index is 10.3. The van der Waals surface area contributed by atoms with Crippen molar-refractivity contribution in [2.45, 2.75) is 83.8 Å². The molecule has 0 radical (unpaired) electrons. The van der Waals surface area contributed by atoms with Crippen molar-refractivity contribution in [1.82, 2.24) is 0 Å². The second-order valence-corrected chi connectivity index (χ2v) is 6.88. The van der Waals surface area contributed by atoms with Crippen molar-refractivity contribution in [1.29, 1.82) is 0 Å². The van der Waals surface area contributed by atoms with Crippen LogP contribution in [0.25, 0.3) is 0 Å². The number of ether oxygens (including phenoxy) is 1. The van der Waals surface area contributed by atoms with Gasteiger partial charge in [0.1, 0.15) is 0 Å². The van der Waals surface area contributed by atoms with Crippen LogP contribution < -0.4 is 0 Å². The van der Waals surface area contributed by atoms with Crippen LogP contribution in [0.4, 0.5) is 0 Å².